The molecule has 1 rings (SSSR count). The lowest BCUT2D eigenvalue weighted by Gasteiger charge is -2.28. The maximum Gasteiger partial charge on any atom is 0.122 e. The lowest BCUT2D eigenvalue weighted by atomic mass is 9.80. The Hall–Kier alpha value is -0.630. The number of ether oxygens (including phenoxy) is 1. The number of methoxy groups -OCH3 is 1. The van der Waals surface area contributed by atoms with Crippen LogP contribution in [0.3, 0.4) is 0 Å². The van der Waals surface area contributed by atoms with Gasteiger partial charge in [-0.05, 0) is 22.8 Å². The summed E-state index contributed by atoms with van der Waals surface area (Å²) in [7, 11) is 1.73. The second-order valence-electron chi connectivity index (χ2n) is 6.21. The van der Waals surface area contributed by atoms with E-state index in [-0.39, 0.29) is 10.8 Å². The summed E-state index contributed by atoms with van der Waals surface area (Å²) in [6.45, 7) is 11.1. The van der Waals surface area contributed by atoms with Gasteiger partial charge in [0.05, 0.1) is 7.11 Å². The van der Waals surface area contributed by atoms with Gasteiger partial charge in [-0.1, -0.05) is 46.8 Å². The van der Waals surface area contributed by atoms with Gasteiger partial charge in [0.15, 0.2) is 0 Å². The second-order valence-corrected chi connectivity index (χ2v) is 6.52. The van der Waals surface area contributed by atoms with Gasteiger partial charge in [0.1, 0.15) is 5.75 Å². The molecule has 0 amide bonds. The Labute approximate surface area is 111 Å². The van der Waals surface area contributed by atoms with Gasteiger partial charge >= 0.3 is 0 Å². The van der Waals surface area contributed by atoms with E-state index < -0.39 is 0 Å². The van der Waals surface area contributed by atoms with Crippen LogP contribution >= 0.6 is 12.6 Å². The van der Waals surface area contributed by atoms with Crippen molar-refractivity contribution >= 4 is 12.6 Å². The highest BCUT2D eigenvalue weighted by Gasteiger charge is 2.25. The third kappa shape index (κ3) is 3.19. The average molecular weight is 252 g/mol. The van der Waals surface area contributed by atoms with Gasteiger partial charge in [-0.25, -0.2) is 0 Å². The van der Waals surface area contributed by atoms with Crippen molar-refractivity contribution in [3.05, 3.63) is 29.3 Å². The Morgan fingerprint density at radius 2 is 1.71 bits per heavy atom. The first-order valence-corrected chi connectivity index (χ1v) is 6.65. The summed E-state index contributed by atoms with van der Waals surface area (Å²) in [5, 5.41) is 0. The molecule has 0 N–H and O–H groups in total. The van der Waals surface area contributed by atoms with Crippen LogP contribution in [0.25, 0.3) is 0 Å². The van der Waals surface area contributed by atoms with Gasteiger partial charge in [-0.3, -0.25) is 0 Å². The summed E-state index contributed by atoms with van der Waals surface area (Å²) < 4.78 is 5.47. The van der Waals surface area contributed by atoms with Crippen molar-refractivity contribution in [2.75, 3.05) is 12.9 Å². The molecule has 0 heterocycles. The second kappa shape index (κ2) is 4.93. The predicted octanol–water partition coefficient (Wildman–Crippen LogP) is 4.20. The molecule has 0 spiro atoms. The smallest absolute Gasteiger partial charge is 0.122 e. The molecular weight excluding hydrogens is 228 g/mol. The van der Waals surface area contributed by atoms with Crippen molar-refractivity contribution in [2.24, 2.45) is 0 Å². The molecule has 0 aliphatic rings. The van der Waals surface area contributed by atoms with Crippen molar-refractivity contribution in [1.82, 2.24) is 0 Å². The summed E-state index contributed by atoms with van der Waals surface area (Å²) in [5.74, 6) is 1.76. The number of thiol groups is 1. The lowest BCUT2D eigenvalue weighted by molar-refractivity contribution is 0.397. The minimum absolute atomic E-state index is 0.0235. The van der Waals surface area contributed by atoms with Crippen LogP contribution in [0.4, 0.5) is 0 Å². The summed E-state index contributed by atoms with van der Waals surface area (Å²) in [6.07, 6.45) is 0. The Morgan fingerprint density at radius 1 is 1.12 bits per heavy atom. The fourth-order valence-corrected chi connectivity index (χ4v) is 1.96. The highest BCUT2D eigenvalue weighted by Crippen LogP contribution is 2.36. The normalized spacial score (nSPS) is 12.6. The average Bonchev–Trinajstić information content (AvgIpc) is 2.27. The van der Waals surface area contributed by atoms with Gasteiger partial charge in [-0.2, -0.15) is 12.6 Å². The largest absolute Gasteiger partial charge is 0.496 e. The Bertz CT molecular complexity index is 388. The van der Waals surface area contributed by atoms with E-state index in [1.807, 2.05) is 0 Å². The van der Waals surface area contributed by atoms with Gasteiger partial charge in [-0.15, -0.1) is 0 Å². The van der Waals surface area contributed by atoms with E-state index in [2.05, 4.69) is 65.4 Å². The molecule has 0 radical (unpaired) electrons. The van der Waals surface area contributed by atoms with Crippen molar-refractivity contribution in [3.8, 4) is 5.75 Å². The van der Waals surface area contributed by atoms with E-state index in [4.69, 9.17) is 4.74 Å². The van der Waals surface area contributed by atoms with Crippen molar-refractivity contribution < 1.29 is 4.74 Å². The van der Waals surface area contributed by atoms with Gasteiger partial charge in [0.25, 0.3) is 0 Å². The van der Waals surface area contributed by atoms with Crippen LogP contribution in [0, 0.1) is 0 Å². The molecule has 0 saturated heterocycles. The highest BCUT2D eigenvalue weighted by molar-refractivity contribution is 7.80. The molecule has 17 heavy (non-hydrogen) atoms. The monoisotopic (exact) mass is 252 g/mol. The molecule has 0 fully saturated rings. The van der Waals surface area contributed by atoms with E-state index in [0.717, 1.165) is 11.5 Å². The maximum atomic E-state index is 5.47. The number of hydrogen-bond donors (Lipinski definition) is 1. The lowest BCUT2D eigenvalue weighted by Crippen LogP contribution is -2.22. The first-order chi connectivity index (χ1) is 7.72. The fraction of sp³-hybridized carbons (Fsp3) is 0.600. The van der Waals surface area contributed by atoms with Crippen LogP contribution in [-0.2, 0) is 10.8 Å². The van der Waals surface area contributed by atoms with Crippen molar-refractivity contribution in [3.63, 3.8) is 0 Å². The van der Waals surface area contributed by atoms with Crippen LogP contribution in [0.5, 0.6) is 5.75 Å². The molecule has 2 heteroatoms. The molecule has 0 bridgehead atoms. The zero-order valence-corrected chi connectivity index (χ0v) is 12.7. The van der Waals surface area contributed by atoms with Crippen LogP contribution < -0.4 is 4.74 Å². The molecule has 0 saturated carbocycles. The molecule has 1 nitrogen and oxygen atoms in total. The quantitative estimate of drug-likeness (QED) is 0.793. The van der Waals surface area contributed by atoms with Crippen LogP contribution in [0.2, 0.25) is 0 Å². The third-order valence-corrected chi connectivity index (χ3v) is 3.98. The van der Waals surface area contributed by atoms with E-state index in [9.17, 15) is 0 Å². The molecule has 1 aromatic rings. The summed E-state index contributed by atoms with van der Waals surface area (Å²) in [6, 6.07) is 6.48. The molecule has 0 unspecified atom stereocenters. The maximum absolute atomic E-state index is 5.47. The molecule has 0 aliphatic carbocycles. The zero-order chi connectivity index (χ0) is 13.3. The summed E-state index contributed by atoms with van der Waals surface area (Å²) in [5.41, 5.74) is 2.76. The summed E-state index contributed by atoms with van der Waals surface area (Å²) in [4.78, 5) is 0. The van der Waals surface area contributed by atoms with Crippen LogP contribution in [0.1, 0.15) is 45.7 Å². The molecular formula is C15H24OS. The molecule has 0 aromatic heterocycles. The Morgan fingerprint density at radius 3 is 2.12 bits per heavy atom. The van der Waals surface area contributed by atoms with E-state index in [1.165, 1.54) is 11.1 Å². The van der Waals surface area contributed by atoms with Crippen molar-refractivity contribution in [2.45, 2.75) is 45.4 Å². The van der Waals surface area contributed by atoms with Gasteiger partial charge in [0, 0.05) is 11.0 Å². The van der Waals surface area contributed by atoms with Gasteiger partial charge < -0.3 is 4.74 Å². The van der Waals surface area contributed by atoms with Crippen molar-refractivity contribution in [1.29, 1.82) is 0 Å². The van der Waals surface area contributed by atoms with Gasteiger partial charge in [0.2, 0.25) is 0 Å². The minimum Gasteiger partial charge on any atom is -0.496 e. The van der Waals surface area contributed by atoms with Crippen LogP contribution in [-0.4, -0.2) is 12.9 Å². The predicted molar refractivity (Wildman–Crippen MR) is 78.6 cm³/mol. The first kappa shape index (κ1) is 14.4. The van der Waals surface area contributed by atoms with E-state index in [0.29, 0.717) is 0 Å². The molecule has 0 atom stereocenters. The Kier molecular flexibility index (Phi) is 4.19. The fourth-order valence-electron chi connectivity index (χ4n) is 1.79. The van der Waals surface area contributed by atoms with E-state index in [1.54, 1.807) is 7.11 Å². The number of hydrogen-bond acceptors (Lipinski definition) is 2. The third-order valence-electron chi connectivity index (χ3n) is 3.19. The zero-order valence-electron chi connectivity index (χ0n) is 11.8. The first-order valence-electron chi connectivity index (χ1n) is 6.02. The van der Waals surface area contributed by atoms with E-state index >= 15 is 0 Å². The topological polar surface area (TPSA) is 9.23 Å². The van der Waals surface area contributed by atoms with Crippen LogP contribution in [0.15, 0.2) is 18.2 Å². The minimum atomic E-state index is 0.0235. The summed E-state index contributed by atoms with van der Waals surface area (Å²) >= 11 is 4.45. The number of benzene rings is 1. The Balaban J connectivity index is 3.35. The molecule has 0 aliphatic heterocycles. The SMILES string of the molecule is COc1ccc(C(C)(C)C)cc1C(C)(C)CS. The molecule has 96 valence electrons. The number of rotatable bonds is 3. The highest BCUT2D eigenvalue weighted by atomic mass is 32.1. The standard InChI is InChI=1S/C15H24OS/c1-14(2,3)11-7-8-13(16-6)12(9-11)15(4,5)10-17/h7-9,17H,10H2,1-6H3. The molecule has 1 aromatic carbocycles.